The molecule has 4 saturated carbocycles. The lowest BCUT2D eigenvalue weighted by Crippen LogP contribution is -1.97. The molecule has 0 heteroatoms. The van der Waals surface area contributed by atoms with Crippen LogP contribution in [0, 0.1) is 27.6 Å². The van der Waals surface area contributed by atoms with Crippen LogP contribution in [0.3, 0.4) is 0 Å². The first-order valence-electron chi connectivity index (χ1n) is 4.11. The van der Waals surface area contributed by atoms with Crippen molar-refractivity contribution in [1.29, 1.82) is 0 Å². The lowest BCUT2D eigenvalue weighted by molar-refractivity contribution is 0.447. The molecule has 9 heavy (non-hydrogen) atoms. The minimum atomic E-state index is 0.884. The van der Waals surface area contributed by atoms with Crippen LogP contribution in [-0.4, -0.2) is 0 Å². The van der Waals surface area contributed by atoms with E-state index in [0.29, 0.717) is 0 Å². The van der Waals surface area contributed by atoms with Gasteiger partial charge in [-0.1, -0.05) is 20.8 Å². The molecular formula is C9H12. The molecule has 4 rings (SSSR count). The third-order valence-electron chi connectivity index (χ3n) is 5.99. The second kappa shape index (κ2) is 0.500. The van der Waals surface area contributed by atoms with Crippen LogP contribution in [0.1, 0.15) is 27.2 Å². The summed E-state index contributed by atoms with van der Waals surface area (Å²) >= 11 is 0. The van der Waals surface area contributed by atoms with Gasteiger partial charge in [-0.15, -0.1) is 0 Å². The maximum atomic E-state index is 2.51. The molecule has 0 aliphatic heterocycles. The van der Waals surface area contributed by atoms with E-state index < -0.39 is 0 Å². The van der Waals surface area contributed by atoms with E-state index in [1.807, 2.05) is 0 Å². The highest BCUT2D eigenvalue weighted by Gasteiger charge is 3.30. The second-order valence-corrected chi connectivity index (χ2v) is 5.15. The highest BCUT2D eigenvalue weighted by atomic mass is 15.3. The Morgan fingerprint density at radius 3 is 2.00 bits per heavy atom. The van der Waals surface area contributed by atoms with Gasteiger partial charge in [0.05, 0.1) is 0 Å². The Morgan fingerprint density at radius 2 is 2.00 bits per heavy atom. The predicted molar refractivity (Wildman–Crippen MR) is 34.9 cm³/mol. The van der Waals surface area contributed by atoms with E-state index in [2.05, 4.69) is 20.8 Å². The molecule has 0 saturated heterocycles. The Labute approximate surface area is 55.6 Å². The summed E-state index contributed by atoms with van der Waals surface area (Å²) in [4.78, 5) is 0. The Hall–Kier alpha value is 0. The summed E-state index contributed by atoms with van der Waals surface area (Å²) in [6.07, 6.45) is 1.58. The van der Waals surface area contributed by atoms with Gasteiger partial charge in [-0.2, -0.15) is 0 Å². The third kappa shape index (κ3) is 0.0952. The van der Waals surface area contributed by atoms with Crippen LogP contribution >= 0.6 is 0 Å². The first kappa shape index (κ1) is 4.00. The molecule has 0 nitrogen and oxygen atoms in total. The van der Waals surface area contributed by atoms with Crippen molar-refractivity contribution in [3.63, 3.8) is 0 Å². The minimum Gasteiger partial charge on any atom is -0.0613 e. The van der Waals surface area contributed by atoms with Gasteiger partial charge in [0.25, 0.3) is 0 Å². The molecule has 4 aliphatic rings. The second-order valence-electron chi connectivity index (χ2n) is 5.15. The van der Waals surface area contributed by atoms with Gasteiger partial charge >= 0.3 is 0 Å². The van der Waals surface area contributed by atoms with Gasteiger partial charge in [0.2, 0.25) is 0 Å². The van der Waals surface area contributed by atoms with Crippen molar-refractivity contribution in [2.45, 2.75) is 27.2 Å². The number of hydrogen-bond acceptors (Lipinski definition) is 0. The summed E-state index contributed by atoms with van der Waals surface area (Å²) < 4.78 is 0. The Kier molecular flexibility index (Phi) is 0.222. The smallest absolute Gasteiger partial charge is 0.00765 e. The highest BCUT2D eigenvalue weighted by molar-refractivity contribution is 5.76. The van der Waals surface area contributed by atoms with Crippen molar-refractivity contribution in [3.8, 4) is 0 Å². The van der Waals surface area contributed by atoms with Crippen molar-refractivity contribution in [2.24, 2.45) is 27.6 Å². The fourth-order valence-corrected chi connectivity index (χ4v) is 5.66. The summed E-state index contributed by atoms with van der Waals surface area (Å²) in [5.41, 5.74) is 3.70. The molecule has 4 fully saturated rings. The maximum absolute atomic E-state index is 2.51. The first-order valence-corrected chi connectivity index (χ1v) is 4.11. The largest absolute Gasteiger partial charge is 0.0613 e. The van der Waals surface area contributed by atoms with Gasteiger partial charge in [0.15, 0.2) is 0 Å². The van der Waals surface area contributed by atoms with Gasteiger partial charge in [0, 0.05) is 0 Å². The quantitative estimate of drug-likeness (QED) is 0.459. The van der Waals surface area contributed by atoms with Crippen LogP contribution in [0.5, 0.6) is 0 Å². The van der Waals surface area contributed by atoms with Crippen LogP contribution in [-0.2, 0) is 0 Å². The van der Waals surface area contributed by atoms with Crippen LogP contribution in [0.25, 0.3) is 0 Å². The monoisotopic (exact) mass is 120 g/mol. The summed E-state index contributed by atoms with van der Waals surface area (Å²) in [6.45, 7) is 7.45. The molecular weight excluding hydrogens is 108 g/mol. The number of hydrogen-bond donors (Lipinski definition) is 0. The molecule has 0 aromatic heterocycles. The van der Waals surface area contributed by atoms with Crippen molar-refractivity contribution in [1.82, 2.24) is 0 Å². The van der Waals surface area contributed by atoms with Crippen LogP contribution in [0.15, 0.2) is 0 Å². The molecule has 0 radical (unpaired) electrons. The van der Waals surface area contributed by atoms with E-state index in [1.165, 1.54) is 0 Å². The van der Waals surface area contributed by atoms with Gasteiger partial charge in [-0.05, 0) is 34.0 Å². The molecule has 0 N–H and O–H groups in total. The zero-order valence-corrected chi connectivity index (χ0v) is 6.28. The Balaban J connectivity index is 2.01. The van der Waals surface area contributed by atoms with Gasteiger partial charge < -0.3 is 0 Å². The highest BCUT2D eigenvalue weighted by Crippen LogP contribution is 3.33. The molecule has 48 valence electrons. The zero-order chi connectivity index (χ0) is 6.28. The molecule has 0 bridgehead atoms. The minimum absolute atomic E-state index is 0.884. The van der Waals surface area contributed by atoms with Crippen molar-refractivity contribution in [3.05, 3.63) is 0 Å². The molecule has 4 aliphatic carbocycles. The van der Waals surface area contributed by atoms with Crippen molar-refractivity contribution >= 4 is 0 Å². The molecule has 5 atom stereocenters. The fraction of sp³-hybridized carbons (Fsp3) is 1.00. The fourth-order valence-electron chi connectivity index (χ4n) is 5.66. The Bertz CT molecular complexity index is 263. The molecule has 2 spiro atoms. The van der Waals surface area contributed by atoms with Crippen molar-refractivity contribution < 1.29 is 0 Å². The zero-order valence-electron chi connectivity index (χ0n) is 6.28. The molecule has 0 amide bonds. The van der Waals surface area contributed by atoms with Crippen molar-refractivity contribution in [2.75, 3.05) is 0 Å². The lowest BCUT2D eigenvalue weighted by atomic mass is 10.0. The molecule has 0 heterocycles. The first-order chi connectivity index (χ1) is 4.11. The van der Waals surface area contributed by atoms with Crippen LogP contribution in [0.4, 0.5) is 0 Å². The van der Waals surface area contributed by atoms with Gasteiger partial charge in [0.1, 0.15) is 0 Å². The average Bonchev–Trinajstić information content (AvgIpc) is 2.61. The van der Waals surface area contributed by atoms with E-state index >= 15 is 0 Å². The summed E-state index contributed by atoms with van der Waals surface area (Å²) in [5, 5.41) is 0. The topological polar surface area (TPSA) is 0 Å². The summed E-state index contributed by atoms with van der Waals surface area (Å²) in [7, 11) is 0. The maximum Gasteiger partial charge on any atom is -0.00765 e. The normalized spacial score (nSPS) is 101. The summed E-state index contributed by atoms with van der Waals surface area (Å²) in [5.74, 6) is 1.10. The standard InChI is InChI=1S/C9H12/c1-5-7(3)8-4-6(8,2)9(5,7)8/h5H,4H2,1-3H3. The predicted octanol–water partition coefficient (Wildman–Crippen LogP) is 2.05. The molecule has 0 aromatic carbocycles. The summed E-state index contributed by atoms with van der Waals surface area (Å²) in [6, 6.07) is 0. The number of rotatable bonds is 0. The molecule has 5 unspecified atom stereocenters. The average molecular weight is 120 g/mol. The Morgan fingerprint density at radius 1 is 1.33 bits per heavy atom. The van der Waals surface area contributed by atoms with Crippen LogP contribution < -0.4 is 0 Å². The third-order valence-corrected chi connectivity index (χ3v) is 5.99. The van der Waals surface area contributed by atoms with E-state index in [9.17, 15) is 0 Å². The van der Waals surface area contributed by atoms with Gasteiger partial charge in [-0.25, -0.2) is 0 Å². The van der Waals surface area contributed by atoms with E-state index in [-0.39, 0.29) is 0 Å². The van der Waals surface area contributed by atoms with E-state index in [0.717, 1.165) is 27.6 Å². The van der Waals surface area contributed by atoms with Gasteiger partial charge in [-0.3, -0.25) is 0 Å². The van der Waals surface area contributed by atoms with E-state index in [1.54, 1.807) is 6.42 Å². The van der Waals surface area contributed by atoms with E-state index in [4.69, 9.17) is 0 Å². The molecule has 0 aromatic rings. The lowest BCUT2D eigenvalue weighted by Gasteiger charge is -2.02. The SMILES string of the molecule is CC1C2(C)C34CC3(C)C124. The van der Waals surface area contributed by atoms with Crippen LogP contribution in [0.2, 0.25) is 0 Å².